The number of nitrogens with two attached hydrogens (primary N) is 2. The lowest BCUT2D eigenvalue weighted by Crippen LogP contribution is -2.46. The number of urea groups is 1. The minimum Gasteiger partial charge on any atom is -0.481 e. The third kappa shape index (κ3) is 7.90. The summed E-state index contributed by atoms with van der Waals surface area (Å²) in [5.41, 5.74) is 11.3. The first-order valence-electron chi connectivity index (χ1n) is 8.10. The Bertz CT molecular complexity index is 607. The number of nitrogens with one attached hydrogen (secondary N) is 2. The van der Waals surface area contributed by atoms with Gasteiger partial charge in [0.05, 0.1) is 12.6 Å². The first-order valence-corrected chi connectivity index (χ1v) is 8.10. The van der Waals surface area contributed by atoms with Crippen molar-refractivity contribution in [3.05, 3.63) is 11.8 Å². The minimum absolute atomic E-state index is 0.113. The summed E-state index contributed by atoms with van der Waals surface area (Å²) in [7, 11) is 0. The Kier molecular flexibility index (Phi) is 9.01. The van der Waals surface area contributed by atoms with Gasteiger partial charge < -0.3 is 36.7 Å². The first-order chi connectivity index (χ1) is 12.3. The molecule has 146 valence electrons. The fourth-order valence-electron chi connectivity index (χ4n) is 2.01. The molecule has 0 aliphatic heterocycles. The lowest BCUT2D eigenvalue weighted by Gasteiger charge is -2.13. The van der Waals surface area contributed by atoms with Crippen molar-refractivity contribution >= 4 is 18.0 Å². The largest absolute Gasteiger partial charge is 0.481 e. The van der Waals surface area contributed by atoms with E-state index in [2.05, 4.69) is 20.8 Å². The monoisotopic (exact) mass is 372 g/mol. The molecule has 1 rings (SSSR count). The van der Waals surface area contributed by atoms with Crippen LogP contribution in [0.15, 0.2) is 4.42 Å². The second-order valence-electron chi connectivity index (χ2n) is 5.58. The van der Waals surface area contributed by atoms with Gasteiger partial charge in [0.15, 0.2) is 0 Å². The molecule has 1 aromatic heterocycles. The van der Waals surface area contributed by atoms with Gasteiger partial charge in [0, 0.05) is 6.42 Å². The van der Waals surface area contributed by atoms with E-state index >= 15 is 0 Å². The average Bonchev–Trinajstić information content (AvgIpc) is 3.05. The number of aliphatic carboxylic acids is 2. The molecule has 2 atom stereocenters. The predicted molar refractivity (Wildman–Crippen MR) is 87.8 cm³/mol. The third-order valence-corrected chi connectivity index (χ3v) is 3.42. The summed E-state index contributed by atoms with van der Waals surface area (Å²) >= 11 is 0. The SMILES string of the molecule is NCCCC[C@H](N)c1nnc(CNC(=O)N[C@@H](CCC(=O)O)C(=O)O)o1. The zero-order valence-corrected chi connectivity index (χ0v) is 14.2. The minimum atomic E-state index is -1.33. The molecule has 1 heterocycles. The summed E-state index contributed by atoms with van der Waals surface area (Å²) < 4.78 is 5.34. The number of unbranched alkanes of at least 4 members (excludes halogenated alkanes) is 1. The molecule has 0 spiro atoms. The fourth-order valence-corrected chi connectivity index (χ4v) is 2.01. The third-order valence-electron chi connectivity index (χ3n) is 3.42. The van der Waals surface area contributed by atoms with Crippen LogP contribution in [-0.4, -0.2) is 51.0 Å². The van der Waals surface area contributed by atoms with Crippen molar-refractivity contribution in [2.75, 3.05) is 6.54 Å². The topological polar surface area (TPSA) is 207 Å². The maximum absolute atomic E-state index is 11.7. The Hall–Kier alpha value is -2.73. The van der Waals surface area contributed by atoms with Crippen LogP contribution in [0.25, 0.3) is 0 Å². The van der Waals surface area contributed by atoms with Crippen molar-refractivity contribution < 1.29 is 29.0 Å². The molecule has 12 nitrogen and oxygen atoms in total. The van der Waals surface area contributed by atoms with Crippen LogP contribution in [0.1, 0.15) is 49.9 Å². The quantitative estimate of drug-likeness (QED) is 0.255. The number of nitrogens with zero attached hydrogens (tertiary/aromatic N) is 2. The molecule has 0 aliphatic carbocycles. The van der Waals surface area contributed by atoms with Crippen molar-refractivity contribution in [3.63, 3.8) is 0 Å². The summed E-state index contributed by atoms with van der Waals surface area (Å²) in [6.07, 6.45) is 1.68. The highest BCUT2D eigenvalue weighted by molar-refractivity contribution is 5.82. The molecular formula is C14H24N6O6. The van der Waals surface area contributed by atoms with Gasteiger partial charge in [-0.3, -0.25) is 4.79 Å². The van der Waals surface area contributed by atoms with E-state index < -0.39 is 30.1 Å². The molecule has 0 fully saturated rings. The summed E-state index contributed by atoms with van der Waals surface area (Å²) in [5, 5.41) is 29.6. The standard InChI is InChI=1S/C14H24N6O6/c15-6-2-1-3-8(16)12-20-19-10(26-12)7-17-14(25)18-9(13(23)24)4-5-11(21)22/h8-9H,1-7,15-16H2,(H,21,22)(H,23,24)(H2,17,18,25)/t8-,9-/m0/s1. The highest BCUT2D eigenvalue weighted by Gasteiger charge is 2.21. The highest BCUT2D eigenvalue weighted by Crippen LogP contribution is 2.15. The van der Waals surface area contributed by atoms with Crippen molar-refractivity contribution in [2.45, 2.75) is 50.7 Å². The summed E-state index contributed by atoms with van der Waals surface area (Å²) in [6, 6.07) is -2.54. The number of rotatable bonds is 12. The van der Waals surface area contributed by atoms with Crippen molar-refractivity contribution in [1.82, 2.24) is 20.8 Å². The molecule has 0 radical (unpaired) electrons. The van der Waals surface area contributed by atoms with Crippen LogP contribution in [0.2, 0.25) is 0 Å². The van der Waals surface area contributed by atoms with Crippen LogP contribution in [0.4, 0.5) is 4.79 Å². The molecule has 0 aliphatic rings. The van der Waals surface area contributed by atoms with Gasteiger partial charge in [-0.05, 0) is 25.8 Å². The smallest absolute Gasteiger partial charge is 0.326 e. The Balaban J connectivity index is 2.44. The number of carboxylic acids is 2. The fraction of sp³-hybridized carbons (Fsp3) is 0.643. The molecule has 0 bridgehead atoms. The van der Waals surface area contributed by atoms with Crippen molar-refractivity contribution in [3.8, 4) is 0 Å². The lowest BCUT2D eigenvalue weighted by atomic mass is 10.1. The van der Waals surface area contributed by atoms with Gasteiger partial charge in [-0.15, -0.1) is 10.2 Å². The van der Waals surface area contributed by atoms with Gasteiger partial charge in [-0.1, -0.05) is 6.42 Å². The Morgan fingerprint density at radius 1 is 1.15 bits per heavy atom. The number of amides is 2. The number of carbonyl (C=O) groups is 3. The zero-order valence-electron chi connectivity index (χ0n) is 14.2. The first kappa shape index (κ1) is 21.3. The van der Waals surface area contributed by atoms with Crippen LogP contribution >= 0.6 is 0 Å². The van der Waals surface area contributed by atoms with Gasteiger partial charge in [0.2, 0.25) is 11.8 Å². The van der Waals surface area contributed by atoms with E-state index in [-0.39, 0.29) is 31.2 Å². The van der Waals surface area contributed by atoms with E-state index in [1.807, 2.05) is 0 Å². The van der Waals surface area contributed by atoms with Crippen molar-refractivity contribution in [1.29, 1.82) is 0 Å². The van der Waals surface area contributed by atoms with Gasteiger partial charge in [0.25, 0.3) is 0 Å². The molecule has 12 heteroatoms. The number of carbonyl (C=O) groups excluding carboxylic acids is 1. The second-order valence-corrected chi connectivity index (χ2v) is 5.58. The number of aromatic nitrogens is 2. The van der Waals surface area contributed by atoms with E-state index in [4.69, 9.17) is 26.1 Å². The van der Waals surface area contributed by atoms with Crippen LogP contribution in [-0.2, 0) is 16.1 Å². The summed E-state index contributed by atoms with van der Waals surface area (Å²) in [6.45, 7) is 0.449. The van der Waals surface area contributed by atoms with Crippen LogP contribution in [0, 0.1) is 0 Å². The van der Waals surface area contributed by atoms with Crippen LogP contribution < -0.4 is 22.1 Å². The molecule has 0 aromatic carbocycles. The molecular weight excluding hydrogens is 348 g/mol. The second kappa shape index (κ2) is 11.0. The maximum Gasteiger partial charge on any atom is 0.326 e. The highest BCUT2D eigenvalue weighted by atomic mass is 16.4. The van der Waals surface area contributed by atoms with Gasteiger partial charge in [0.1, 0.15) is 6.04 Å². The van der Waals surface area contributed by atoms with E-state index in [0.29, 0.717) is 13.0 Å². The van der Waals surface area contributed by atoms with E-state index in [1.165, 1.54) is 0 Å². The maximum atomic E-state index is 11.7. The number of hydrogen-bond donors (Lipinski definition) is 6. The molecule has 1 aromatic rings. The summed E-state index contributed by atoms with van der Waals surface area (Å²) in [5.74, 6) is -2.13. The van der Waals surface area contributed by atoms with E-state index in [0.717, 1.165) is 12.8 Å². The molecule has 26 heavy (non-hydrogen) atoms. The summed E-state index contributed by atoms with van der Waals surface area (Å²) in [4.78, 5) is 33.2. The number of hydrogen-bond acceptors (Lipinski definition) is 8. The van der Waals surface area contributed by atoms with E-state index in [9.17, 15) is 14.4 Å². The van der Waals surface area contributed by atoms with Crippen LogP contribution in [0.3, 0.4) is 0 Å². The molecule has 0 saturated carbocycles. The average molecular weight is 372 g/mol. The normalized spacial score (nSPS) is 13.0. The van der Waals surface area contributed by atoms with Gasteiger partial charge in [-0.2, -0.15) is 0 Å². The number of carboxylic acid groups (broad SMARTS) is 2. The molecule has 0 saturated heterocycles. The lowest BCUT2D eigenvalue weighted by molar-refractivity contribution is -0.140. The van der Waals surface area contributed by atoms with E-state index in [1.54, 1.807) is 0 Å². The predicted octanol–water partition coefficient (Wildman–Crippen LogP) is -0.684. The van der Waals surface area contributed by atoms with Crippen LogP contribution in [0.5, 0.6) is 0 Å². The zero-order chi connectivity index (χ0) is 19.5. The Morgan fingerprint density at radius 2 is 1.88 bits per heavy atom. The van der Waals surface area contributed by atoms with Gasteiger partial charge >= 0.3 is 18.0 Å². The van der Waals surface area contributed by atoms with Crippen molar-refractivity contribution in [2.24, 2.45) is 11.5 Å². The molecule has 8 N–H and O–H groups in total. The van der Waals surface area contributed by atoms with Gasteiger partial charge in [-0.25, -0.2) is 9.59 Å². The Labute approximate surface area is 149 Å². The Morgan fingerprint density at radius 3 is 2.50 bits per heavy atom. The molecule has 0 unspecified atom stereocenters. The molecule has 2 amide bonds.